The molecule has 0 bridgehead atoms. The molecular formula is C23H30N4O3S. The van der Waals surface area contributed by atoms with Crippen molar-refractivity contribution in [3.8, 4) is 6.07 Å². The molecule has 0 atom stereocenters. The van der Waals surface area contributed by atoms with Gasteiger partial charge in [0.05, 0.1) is 5.75 Å². The van der Waals surface area contributed by atoms with E-state index in [4.69, 9.17) is 0 Å². The molecule has 0 radical (unpaired) electrons. The first-order valence-electron chi connectivity index (χ1n) is 10.2. The van der Waals surface area contributed by atoms with E-state index in [1.54, 1.807) is 6.08 Å². The van der Waals surface area contributed by atoms with Crippen molar-refractivity contribution in [1.29, 1.82) is 5.26 Å². The lowest BCUT2D eigenvalue weighted by atomic mass is 10.1. The van der Waals surface area contributed by atoms with Gasteiger partial charge in [-0.25, -0.2) is 13.1 Å². The maximum Gasteiger partial charge on any atom is 0.261 e. The van der Waals surface area contributed by atoms with Crippen LogP contribution in [0.5, 0.6) is 0 Å². The average Bonchev–Trinajstić information content (AvgIpc) is 2.98. The van der Waals surface area contributed by atoms with Crippen molar-refractivity contribution in [3.05, 3.63) is 64.5 Å². The summed E-state index contributed by atoms with van der Waals surface area (Å²) < 4.78 is 29.0. The molecule has 2 aromatic rings. The summed E-state index contributed by atoms with van der Waals surface area (Å²) in [4.78, 5) is 12.4. The zero-order valence-electron chi connectivity index (χ0n) is 18.5. The van der Waals surface area contributed by atoms with Gasteiger partial charge in [-0.2, -0.15) is 5.26 Å². The molecule has 7 nitrogen and oxygen atoms in total. The number of nitrogens with one attached hydrogen (secondary N) is 2. The molecule has 2 N–H and O–H groups in total. The molecule has 8 heteroatoms. The summed E-state index contributed by atoms with van der Waals surface area (Å²) in [6.07, 6.45) is 1.55. The second kappa shape index (κ2) is 10.9. The molecule has 0 aliphatic heterocycles. The number of amides is 1. The molecule has 1 heterocycles. The quantitative estimate of drug-likeness (QED) is 0.436. The third-order valence-corrected chi connectivity index (χ3v) is 6.15. The fourth-order valence-electron chi connectivity index (χ4n) is 3.18. The van der Waals surface area contributed by atoms with Crippen molar-refractivity contribution in [3.63, 3.8) is 0 Å². The van der Waals surface area contributed by atoms with Crippen LogP contribution in [-0.2, 0) is 27.9 Å². The minimum absolute atomic E-state index is 0.0561. The highest BCUT2D eigenvalue weighted by Gasteiger charge is 2.15. The summed E-state index contributed by atoms with van der Waals surface area (Å²) in [6.45, 7) is 9.16. The molecule has 0 spiro atoms. The molecule has 0 saturated heterocycles. The van der Waals surface area contributed by atoms with Crippen molar-refractivity contribution in [2.45, 2.75) is 40.8 Å². The van der Waals surface area contributed by atoms with Crippen LogP contribution < -0.4 is 10.0 Å². The van der Waals surface area contributed by atoms with Gasteiger partial charge < -0.3 is 9.88 Å². The predicted molar refractivity (Wildman–Crippen MR) is 122 cm³/mol. The smallest absolute Gasteiger partial charge is 0.261 e. The Morgan fingerprint density at radius 2 is 1.90 bits per heavy atom. The predicted octanol–water partition coefficient (Wildman–Crippen LogP) is 2.90. The van der Waals surface area contributed by atoms with Crippen LogP contribution in [0.15, 0.2) is 42.0 Å². The Hall–Kier alpha value is -2.89. The number of sulfonamides is 1. The van der Waals surface area contributed by atoms with Crippen LogP contribution in [0.3, 0.4) is 0 Å². The lowest BCUT2D eigenvalue weighted by molar-refractivity contribution is -0.116. The van der Waals surface area contributed by atoms with Crippen molar-refractivity contribution < 1.29 is 13.2 Å². The van der Waals surface area contributed by atoms with Crippen LogP contribution in [0, 0.1) is 31.1 Å². The molecule has 166 valence electrons. The van der Waals surface area contributed by atoms with Crippen molar-refractivity contribution in [2.75, 3.05) is 12.3 Å². The lowest BCUT2D eigenvalue weighted by Gasteiger charge is -2.12. The summed E-state index contributed by atoms with van der Waals surface area (Å²) in [5, 5.41) is 11.9. The number of carbonyl (C=O) groups is 1. The number of nitrogens with zero attached hydrogens (tertiary/aromatic N) is 2. The van der Waals surface area contributed by atoms with E-state index in [0.29, 0.717) is 5.92 Å². The van der Waals surface area contributed by atoms with E-state index in [1.165, 1.54) is 0 Å². The largest absolute Gasteiger partial charge is 0.350 e. The van der Waals surface area contributed by atoms with E-state index in [-0.39, 0.29) is 24.4 Å². The highest BCUT2D eigenvalue weighted by molar-refractivity contribution is 7.89. The SMILES string of the molecule is Cc1cc(C=C(C#N)C(=O)NCCS(=O)(=O)NCc2ccccc2)c(C)n1CC(C)C. The summed E-state index contributed by atoms with van der Waals surface area (Å²) in [6, 6.07) is 13.0. The summed E-state index contributed by atoms with van der Waals surface area (Å²) in [5.74, 6) is -0.389. The molecular weight excluding hydrogens is 412 g/mol. The second-order valence-corrected chi connectivity index (χ2v) is 9.81. The molecule has 0 unspecified atom stereocenters. The van der Waals surface area contributed by atoms with E-state index in [1.807, 2.05) is 56.3 Å². The standard InChI is InChI=1S/C23H30N4O3S/c1-17(2)16-27-18(3)12-21(19(27)4)13-22(14-24)23(28)25-10-11-31(29,30)26-15-20-8-6-5-7-9-20/h5-9,12-13,17,26H,10-11,15-16H2,1-4H3,(H,25,28). The van der Waals surface area contributed by atoms with E-state index in [9.17, 15) is 18.5 Å². The normalized spacial score (nSPS) is 12.1. The van der Waals surface area contributed by atoms with Gasteiger partial charge in [0.1, 0.15) is 11.6 Å². The first kappa shape index (κ1) is 24.4. The molecule has 0 saturated carbocycles. The van der Waals surface area contributed by atoms with Crippen LogP contribution >= 0.6 is 0 Å². The van der Waals surface area contributed by atoms with Gasteiger partial charge in [-0.1, -0.05) is 44.2 Å². The fraction of sp³-hybridized carbons (Fsp3) is 0.391. The molecule has 0 aliphatic carbocycles. The minimum atomic E-state index is -3.56. The Morgan fingerprint density at radius 1 is 1.23 bits per heavy atom. The third-order valence-electron chi connectivity index (χ3n) is 4.82. The molecule has 2 rings (SSSR count). The Morgan fingerprint density at radius 3 is 2.52 bits per heavy atom. The maximum absolute atomic E-state index is 12.4. The molecule has 31 heavy (non-hydrogen) atoms. The van der Waals surface area contributed by atoms with Crippen molar-refractivity contribution in [2.24, 2.45) is 5.92 Å². The number of aromatic nitrogens is 1. The number of rotatable bonds is 10. The topological polar surface area (TPSA) is 104 Å². The van der Waals surface area contributed by atoms with Gasteiger partial charge >= 0.3 is 0 Å². The van der Waals surface area contributed by atoms with Crippen LogP contribution in [-0.4, -0.2) is 31.2 Å². The van der Waals surface area contributed by atoms with Crippen molar-refractivity contribution >= 4 is 22.0 Å². The van der Waals surface area contributed by atoms with Gasteiger partial charge in [-0.05, 0) is 43.0 Å². The van der Waals surface area contributed by atoms with Crippen LogP contribution in [0.4, 0.5) is 0 Å². The van der Waals surface area contributed by atoms with Gasteiger partial charge in [0.25, 0.3) is 5.91 Å². The number of hydrogen-bond donors (Lipinski definition) is 2. The lowest BCUT2D eigenvalue weighted by Crippen LogP contribution is -2.34. The number of aryl methyl sites for hydroxylation is 1. The highest BCUT2D eigenvalue weighted by atomic mass is 32.2. The molecule has 1 aromatic carbocycles. The number of carbonyl (C=O) groups excluding carboxylic acids is 1. The van der Waals surface area contributed by atoms with Crippen LogP contribution in [0.25, 0.3) is 6.08 Å². The molecule has 0 aliphatic rings. The molecule has 0 fully saturated rings. The van der Waals surface area contributed by atoms with Gasteiger partial charge in [-0.15, -0.1) is 0 Å². The Labute approximate surface area is 184 Å². The first-order chi connectivity index (χ1) is 14.6. The second-order valence-electron chi connectivity index (χ2n) is 7.88. The zero-order chi connectivity index (χ0) is 23.0. The summed E-state index contributed by atoms with van der Waals surface area (Å²) in [5.41, 5.74) is 3.64. The van der Waals surface area contributed by atoms with Crippen LogP contribution in [0.2, 0.25) is 0 Å². The van der Waals surface area contributed by atoms with Gasteiger partial charge in [-0.3, -0.25) is 4.79 Å². The Kier molecular flexibility index (Phi) is 8.60. The van der Waals surface area contributed by atoms with Gasteiger partial charge in [0, 0.05) is 31.0 Å². The number of nitriles is 1. The highest BCUT2D eigenvalue weighted by Crippen LogP contribution is 2.19. The fourth-order valence-corrected chi connectivity index (χ4v) is 4.08. The average molecular weight is 443 g/mol. The first-order valence-corrected chi connectivity index (χ1v) is 11.9. The zero-order valence-corrected chi connectivity index (χ0v) is 19.3. The van der Waals surface area contributed by atoms with E-state index >= 15 is 0 Å². The van der Waals surface area contributed by atoms with Gasteiger partial charge in [0.15, 0.2) is 0 Å². The Bertz CT molecular complexity index is 1080. The van der Waals surface area contributed by atoms with Crippen LogP contribution in [0.1, 0.15) is 36.4 Å². The minimum Gasteiger partial charge on any atom is -0.350 e. The Balaban J connectivity index is 1.97. The van der Waals surface area contributed by atoms with E-state index < -0.39 is 15.9 Å². The third kappa shape index (κ3) is 7.39. The number of benzene rings is 1. The summed E-state index contributed by atoms with van der Waals surface area (Å²) >= 11 is 0. The molecule has 1 aromatic heterocycles. The van der Waals surface area contributed by atoms with E-state index in [0.717, 1.165) is 29.1 Å². The number of hydrogen-bond acceptors (Lipinski definition) is 4. The summed E-state index contributed by atoms with van der Waals surface area (Å²) in [7, 11) is -3.56. The van der Waals surface area contributed by atoms with Gasteiger partial charge in [0.2, 0.25) is 10.0 Å². The van der Waals surface area contributed by atoms with Crippen molar-refractivity contribution in [1.82, 2.24) is 14.6 Å². The monoisotopic (exact) mass is 442 g/mol. The van der Waals surface area contributed by atoms with E-state index in [2.05, 4.69) is 28.5 Å². The maximum atomic E-state index is 12.4. The molecule has 1 amide bonds.